The van der Waals surface area contributed by atoms with Crippen LogP contribution in [0.25, 0.3) is 0 Å². The van der Waals surface area contributed by atoms with E-state index in [2.05, 4.69) is 6.07 Å². The van der Waals surface area contributed by atoms with Gasteiger partial charge in [0.2, 0.25) is 0 Å². The lowest BCUT2D eigenvalue weighted by Gasteiger charge is -2.13. The summed E-state index contributed by atoms with van der Waals surface area (Å²) in [5, 5.41) is 8.73. The second-order valence-corrected chi connectivity index (χ2v) is 5.23. The Kier molecular flexibility index (Phi) is 4.08. The van der Waals surface area contributed by atoms with E-state index in [1.54, 1.807) is 6.92 Å². The van der Waals surface area contributed by atoms with E-state index >= 15 is 0 Å². The molecule has 0 aliphatic heterocycles. The van der Waals surface area contributed by atoms with Crippen molar-refractivity contribution in [1.29, 1.82) is 5.26 Å². The Balaban J connectivity index is 2.54. The zero-order chi connectivity index (χ0) is 15.6. The maximum absolute atomic E-state index is 12.3. The Morgan fingerprint density at radius 1 is 1.00 bits per heavy atom. The highest BCUT2D eigenvalue weighted by atomic mass is 16.2. The quantitative estimate of drug-likeness (QED) is 0.857. The fourth-order valence-electron chi connectivity index (χ4n) is 2.48. The highest BCUT2D eigenvalue weighted by Crippen LogP contribution is 2.10. The Morgan fingerprint density at radius 2 is 1.62 bits per heavy atom. The molecule has 0 radical (unpaired) electrons. The molecule has 5 nitrogen and oxygen atoms in total. The van der Waals surface area contributed by atoms with Gasteiger partial charge in [-0.05, 0) is 26.3 Å². The van der Waals surface area contributed by atoms with Crippen LogP contribution >= 0.6 is 0 Å². The monoisotopic (exact) mass is 283 g/mol. The van der Waals surface area contributed by atoms with Crippen LogP contribution in [-0.4, -0.2) is 9.13 Å². The van der Waals surface area contributed by atoms with Gasteiger partial charge in [-0.2, -0.15) is 5.26 Å². The van der Waals surface area contributed by atoms with Crippen molar-refractivity contribution in [3.05, 3.63) is 67.5 Å². The zero-order valence-electron chi connectivity index (χ0n) is 12.4. The number of hydrogen-bond donors (Lipinski definition) is 0. The molecule has 0 aliphatic rings. The van der Waals surface area contributed by atoms with Gasteiger partial charge in [0, 0.05) is 11.8 Å². The van der Waals surface area contributed by atoms with Crippen LogP contribution in [0.2, 0.25) is 0 Å². The first kappa shape index (κ1) is 14.8. The summed E-state index contributed by atoms with van der Waals surface area (Å²) >= 11 is 0. The van der Waals surface area contributed by atoms with E-state index in [0.717, 1.165) is 21.3 Å². The first-order valence-electron chi connectivity index (χ1n) is 6.68. The molecule has 2 rings (SSSR count). The van der Waals surface area contributed by atoms with Crippen LogP contribution < -0.4 is 11.2 Å². The maximum Gasteiger partial charge on any atom is 0.332 e. The molecule has 1 aromatic heterocycles. The topological polar surface area (TPSA) is 67.8 Å². The van der Waals surface area contributed by atoms with Gasteiger partial charge in [0.15, 0.2) is 0 Å². The third kappa shape index (κ3) is 3.11. The molecular weight excluding hydrogens is 266 g/mol. The minimum absolute atomic E-state index is 0.231. The molecule has 0 saturated heterocycles. The normalized spacial score (nSPS) is 10.4. The summed E-state index contributed by atoms with van der Waals surface area (Å²) in [6.07, 6.45) is 0. The van der Waals surface area contributed by atoms with Gasteiger partial charge in [0.1, 0.15) is 6.54 Å². The van der Waals surface area contributed by atoms with Gasteiger partial charge in [0.25, 0.3) is 5.56 Å². The number of aromatic nitrogens is 2. The summed E-state index contributed by atoms with van der Waals surface area (Å²) in [6, 6.07) is 9.32. The first-order valence-corrected chi connectivity index (χ1v) is 6.68. The van der Waals surface area contributed by atoms with Crippen molar-refractivity contribution >= 4 is 0 Å². The van der Waals surface area contributed by atoms with E-state index < -0.39 is 11.2 Å². The number of aryl methyl sites for hydroxylation is 3. The number of rotatable bonds is 3. The third-order valence-corrected chi connectivity index (χ3v) is 3.34. The van der Waals surface area contributed by atoms with Crippen LogP contribution in [0.4, 0.5) is 0 Å². The van der Waals surface area contributed by atoms with Crippen molar-refractivity contribution in [3.63, 3.8) is 0 Å². The second-order valence-electron chi connectivity index (χ2n) is 5.23. The molecule has 1 heterocycles. The summed E-state index contributed by atoms with van der Waals surface area (Å²) < 4.78 is 2.47. The molecule has 2 aromatic rings. The molecule has 0 fully saturated rings. The number of hydrogen-bond acceptors (Lipinski definition) is 3. The number of benzene rings is 1. The Morgan fingerprint density at radius 3 is 2.19 bits per heavy atom. The highest BCUT2D eigenvalue weighted by Gasteiger charge is 2.09. The second kappa shape index (κ2) is 5.80. The molecule has 5 heteroatoms. The van der Waals surface area contributed by atoms with E-state index in [1.165, 1.54) is 10.6 Å². The summed E-state index contributed by atoms with van der Waals surface area (Å²) in [5.74, 6) is 0. The minimum atomic E-state index is -0.444. The zero-order valence-corrected chi connectivity index (χ0v) is 12.4. The van der Waals surface area contributed by atoms with Crippen molar-refractivity contribution in [3.8, 4) is 6.07 Å². The molecule has 0 unspecified atom stereocenters. The van der Waals surface area contributed by atoms with E-state index in [-0.39, 0.29) is 6.54 Å². The molecule has 0 aliphatic carbocycles. The van der Waals surface area contributed by atoms with Gasteiger partial charge >= 0.3 is 5.69 Å². The van der Waals surface area contributed by atoms with Crippen LogP contribution in [0.15, 0.2) is 33.9 Å². The lowest BCUT2D eigenvalue weighted by molar-refractivity contribution is 0.607. The molecule has 0 atom stereocenters. The molecule has 21 heavy (non-hydrogen) atoms. The highest BCUT2D eigenvalue weighted by molar-refractivity contribution is 5.29. The summed E-state index contributed by atoms with van der Waals surface area (Å²) in [5.41, 5.74) is 2.97. The third-order valence-electron chi connectivity index (χ3n) is 3.34. The first-order chi connectivity index (χ1) is 9.92. The van der Waals surface area contributed by atoms with Gasteiger partial charge in [-0.15, -0.1) is 0 Å². The SMILES string of the molecule is Cc1cc(C)cc(Cn2c(C)cc(=O)n(CC#N)c2=O)c1. The van der Waals surface area contributed by atoms with E-state index in [1.807, 2.05) is 32.0 Å². The summed E-state index contributed by atoms with van der Waals surface area (Å²) in [7, 11) is 0. The fraction of sp³-hybridized carbons (Fsp3) is 0.312. The molecular formula is C16H17N3O2. The largest absolute Gasteiger partial charge is 0.332 e. The lowest BCUT2D eigenvalue weighted by atomic mass is 10.1. The van der Waals surface area contributed by atoms with Crippen molar-refractivity contribution < 1.29 is 0 Å². The number of nitrogens with zero attached hydrogens (tertiary/aromatic N) is 3. The smallest absolute Gasteiger partial charge is 0.293 e. The maximum atomic E-state index is 12.3. The van der Waals surface area contributed by atoms with Gasteiger partial charge in [0.05, 0.1) is 12.6 Å². The van der Waals surface area contributed by atoms with E-state index in [4.69, 9.17) is 5.26 Å². The summed E-state index contributed by atoms with van der Waals surface area (Å²) in [4.78, 5) is 24.1. The van der Waals surface area contributed by atoms with E-state index in [9.17, 15) is 9.59 Å². The predicted octanol–water partition coefficient (Wildman–Crippen LogP) is 1.51. The van der Waals surface area contributed by atoms with Crippen molar-refractivity contribution in [2.45, 2.75) is 33.9 Å². The average Bonchev–Trinajstić information content (AvgIpc) is 2.38. The van der Waals surface area contributed by atoms with Crippen LogP contribution in [0.3, 0.4) is 0 Å². The Bertz CT molecular complexity index is 818. The van der Waals surface area contributed by atoms with Crippen LogP contribution in [0.1, 0.15) is 22.4 Å². The minimum Gasteiger partial charge on any atom is -0.293 e. The lowest BCUT2D eigenvalue weighted by Crippen LogP contribution is -2.40. The van der Waals surface area contributed by atoms with Gasteiger partial charge in [-0.3, -0.25) is 9.36 Å². The number of nitriles is 1. The van der Waals surface area contributed by atoms with Crippen molar-refractivity contribution in [2.24, 2.45) is 0 Å². The fourth-order valence-corrected chi connectivity index (χ4v) is 2.48. The molecule has 1 aromatic carbocycles. The van der Waals surface area contributed by atoms with Gasteiger partial charge in [-0.1, -0.05) is 29.3 Å². The van der Waals surface area contributed by atoms with Crippen LogP contribution in [0.5, 0.6) is 0 Å². The van der Waals surface area contributed by atoms with Gasteiger partial charge < -0.3 is 0 Å². The Labute approximate surface area is 122 Å². The molecule has 0 N–H and O–H groups in total. The predicted molar refractivity (Wildman–Crippen MR) is 80.3 cm³/mol. The van der Waals surface area contributed by atoms with Crippen LogP contribution in [-0.2, 0) is 13.1 Å². The van der Waals surface area contributed by atoms with E-state index in [0.29, 0.717) is 12.2 Å². The molecule has 0 amide bonds. The average molecular weight is 283 g/mol. The van der Waals surface area contributed by atoms with Crippen molar-refractivity contribution in [2.75, 3.05) is 0 Å². The Hall–Kier alpha value is -2.61. The molecule has 108 valence electrons. The van der Waals surface area contributed by atoms with Gasteiger partial charge in [-0.25, -0.2) is 9.36 Å². The van der Waals surface area contributed by atoms with Crippen molar-refractivity contribution in [1.82, 2.24) is 9.13 Å². The molecule has 0 saturated carbocycles. The molecule has 0 spiro atoms. The summed E-state index contributed by atoms with van der Waals surface area (Å²) in [6.45, 7) is 5.89. The molecule has 0 bridgehead atoms. The van der Waals surface area contributed by atoms with Crippen LogP contribution in [0, 0.1) is 32.1 Å². The standard InChI is InChI=1S/C16H17N3O2/c1-11-6-12(2)8-14(7-11)10-19-13(3)9-15(20)18(5-4-17)16(19)21/h6-9H,5,10H2,1-3H3.